The zero-order chi connectivity index (χ0) is 22.0. The first-order chi connectivity index (χ1) is 15.0. The second-order valence-corrected chi connectivity index (χ2v) is 7.28. The minimum Gasteiger partial charge on any atom is -0.479 e. The van der Waals surface area contributed by atoms with E-state index in [-0.39, 0.29) is 11.5 Å². The van der Waals surface area contributed by atoms with Crippen molar-refractivity contribution in [2.24, 2.45) is 0 Å². The van der Waals surface area contributed by atoms with Gasteiger partial charge in [0.25, 0.3) is 0 Å². The Balaban J connectivity index is 1.57. The largest absolute Gasteiger partial charge is 0.479 e. The van der Waals surface area contributed by atoms with E-state index >= 15 is 0 Å². The van der Waals surface area contributed by atoms with Crippen LogP contribution < -0.4 is 9.47 Å². The number of hydrogen-bond acceptors (Lipinski definition) is 5. The standard InChI is InChI=1S/C26H22O5/c1-16-22(30-17(2)26(28)29-3)14-13-21-24(27)23(31-25(16)21)15-18-9-11-20(12-10-18)19-7-5-4-6-8-19/h4-15,17H,1-3H3/b23-15-. The van der Waals surface area contributed by atoms with Gasteiger partial charge in [-0.2, -0.15) is 0 Å². The summed E-state index contributed by atoms with van der Waals surface area (Å²) in [4.78, 5) is 24.5. The van der Waals surface area contributed by atoms with Crippen LogP contribution in [0.5, 0.6) is 11.5 Å². The SMILES string of the molecule is COC(=O)C(C)Oc1ccc2c(c1C)O/C(=C\c1ccc(-c3ccccc3)cc1)C2=O. The molecule has 0 saturated carbocycles. The molecule has 1 aliphatic rings. The van der Waals surface area contributed by atoms with E-state index in [9.17, 15) is 9.59 Å². The molecule has 0 amide bonds. The van der Waals surface area contributed by atoms with Gasteiger partial charge in [-0.3, -0.25) is 4.79 Å². The Morgan fingerprint density at radius 3 is 2.32 bits per heavy atom. The lowest BCUT2D eigenvalue weighted by atomic mass is 10.0. The molecule has 5 nitrogen and oxygen atoms in total. The first-order valence-corrected chi connectivity index (χ1v) is 9.95. The van der Waals surface area contributed by atoms with Crippen molar-refractivity contribution in [2.45, 2.75) is 20.0 Å². The summed E-state index contributed by atoms with van der Waals surface area (Å²) in [6.45, 7) is 3.40. The molecule has 31 heavy (non-hydrogen) atoms. The third kappa shape index (κ3) is 4.08. The van der Waals surface area contributed by atoms with Crippen LogP contribution in [-0.2, 0) is 9.53 Å². The smallest absolute Gasteiger partial charge is 0.346 e. The third-order valence-corrected chi connectivity index (χ3v) is 5.19. The van der Waals surface area contributed by atoms with E-state index < -0.39 is 12.1 Å². The lowest BCUT2D eigenvalue weighted by Gasteiger charge is -2.15. The van der Waals surface area contributed by atoms with Gasteiger partial charge in [0, 0.05) is 5.56 Å². The van der Waals surface area contributed by atoms with Gasteiger partial charge in [-0.1, -0.05) is 54.6 Å². The average molecular weight is 414 g/mol. The topological polar surface area (TPSA) is 61.8 Å². The molecule has 0 fully saturated rings. The van der Waals surface area contributed by atoms with Gasteiger partial charge in [0.1, 0.15) is 11.5 Å². The summed E-state index contributed by atoms with van der Waals surface area (Å²) in [5.74, 6) is 0.516. The third-order valence-electron chi connectivity index (χ3n) is 5.19. The molecule has 3 aromatic carbocycles. The van der Waals surface area contributed by atoms with Crippen molar-refractivity contribution in [2.75, 3.05) is 7.11 Å². The minimum atomic E-state index is -0.767. The van der Waals surface area contributed by atoms with Crippen molar-refractivity contribution < 1.29 is 23.8 Å². The van der Waals surface area contributed by atoms with E-state index in [4.69, 9.17) is 14.2 Å². The number of fused-ring (bicyclic) bond motifs is 1. The van der Waals surface area contributed by atoms with Crippen LogP contribution in [0.2, 0.25) is 0 Å². The first kappa shape index (κ1) is 20.4. The number of ether oxygens (including phenoxy) is 3. The van der Waals surface area contributed by atoms with Gasteiger partial charge in [0.05, 0.1) is 12.7 Å². The molecule has 1 unspecified atom stereocenters. The number of esters is 1. The highest BCUT2D eigenvalue weighted by Gasteiger charge is 2.30. The van der Waals surface area contributed by atoms with Crippen molar-refractivity contribution in [3.63, 3.8) is 0 Å². The number of allylic oxidation sites excluding steroid dienone is 1. The maximum Gasteiger partial charge on any atom is 0.346 e. The Bertz CT molecular complexity index is 1160. The Morgan fingerprint density at radius 1 is 0.968 bits per heavy atom. The Labute approximate surface area is 180 Å². The molecular weight excluding hydrogens is 392 g/mol. The fourth-order valence-electron chi connectivity index (χ4n) is 3.45. The molecule has 1 atom stereocenters. The summed E-state index contributed by atoms with van der Waals surface area (Å²) in [7, 11) is 1.31. The number of rotatable bonds is 5. The minimum absolute atomic E-state index is 0.183. The molecule has 1 heterocycles. The molecule has 0 aromatic heterocycles. The molecule has 4 rings (SSSR count). The second kappa shape index (κ2) is 8.48. The predicted octanol–water partition coefficient (Wildman–Crippen LogP) is 5.22. The van der Waals surface area contributed by atoms with Crippen molar-refractivity contribution in [1.29, 1.82) is 0 Å². The summed E-state index contributed by atoms with van der Waals surface area (Å²) < 4.78 is 16.3. The number of carbonyl (C=O) groups is 2. The van der Waals surface area contributed by atoms with Crippen molar-refractivity contribution >= 4 is 17.8 Å². The van der Waals surface area contributed by atoms with E-state index in [0.717, 1.165) is 16.7 Å². The maximum absolute atomic E-state index is 12.8. The first-order valence-electron chi connectivity index (χ1n) is 9.95. The van der Waals surface area contributed by atoms with Crippen molar-refractivity contribution in [3.05, 3.63) is 89.2 Å². The quantitative estimate of drug-likeness (QED) is 0.423. The Kier molecular flexibility index (Phi) is 5.58. The Hall–Kier alpha value is -3.86. The summed E-state index contributed by atoms with van der Waals surface area (Å²) in [5.41, 5.74) is 4.23. The number of carbonyl (C=O) groups excluding carboxylic acids is 2. The van der Waals surface area contributed by atoms with Crippen LogP contribution in [0.3, 0.4) is 0 Å². The van der Waals surface area contributed by atoms with E-state index in [2.05, 4.69) is 12.1 Å². The zero-order valence-electron chi connectivity index (χ0n) is 17.5. The summed E-state index contributed by atoms with van der Waals surface area (Å²) >= 11 is 0. The molecule has 0 saturated heterocycles. The molecule has 156 valence electrons. The second-order valence-electron chi connectivity index (χ2n) is 7.28. The molecule has 0 spiro atoms. The molecular formula is C26H22O5. The van der Waals surface area contributed by atoms with Gasteiger partial charge in [0.15, 0.2) is 11.9 Å². The lowest BCUT2D eigenvalue weighted by Crippen LogP contribution is -2.25. The van der Waals surface area contributed by atoms with Crippen LogP contribution in [0.15, 0.2) is 72.5 Å². The maximum atomic E-state index is 12.8. The van der Waals surface area contributed by atoms with Crippen LogP contribution in [0.1, 0.15) is 28.4 Å². The highest BCUT2D eigenvalue weighted by Crippen LogP contribution is 2.39. The molecule has 5 heteroatoms. The number of hydrogen-bond donors (Lipinski definition) is 0. The van der Waals surface area contributed by atoms with E-state index in [0.29, 0.717) is 22.6 Å². The van der Waals surface area contributed by atoms with Crippen LogP contribution in [0.25, 0.3) is 17.2 Å². The normalized spacial score (nSPS) is 14.7. The van der Waals surface area contributed by atoms with Crippen molar-refractivity contribution in [3.8, 4) is 22.6 Å². The zero-order valence-corrected chi connectivity index (χ0v) is 17.5. The van der Waals surface area contributed by atoms with Gasteiger partial charge in [0.2, 0.25) is 5.78 Å². The fraction of sp³-hybridized carbons (Fsp3) is 0.154. The number of Topliss-reactive ketones (excluding diaryl/α,β-unsaturated/α-hetero) is 1. The molecule has 1 aliphatic heterocycles. The molecule has 0 radical (unpaired) electrons. The molecule has 0 aliphatic carbocycles. The van der Waals surface area contributed by atoms with Crippen molar-refractivity contribution in [1.82, 2.24) is 0 Å². The summed E-state index contributed by atoms with van der Waals surface area (Å²) in [5, 5.41) is 0. The van der Waals surface area contributed by atoms with Gasteiger partial charge in [-0.25, -0.2) is 4.79 Å². The summed E-state index contributed by atoms with van der Waals surface area (Å²) in [6, 6.07) is 21.4. The number of benzene rings is 3. The number of ketones is 1. The average Bonchev–Trinajstić information content (AvgIpc) is 3.12. The van der Waals surface area contributed by atoms with Crippen LogP contribution in [0, 0.1) is 6.92 Å². The van der Waals surface area contributed by atoms with E-state index in [1.807, 2.05) is 42.5 Å². The molecule has 0 N–H and O–H groups in total. The molecule has 3 aromatic rings. The van der Waals surface area contributed by atoms with Crippen LogP contribution in [-0.4, -0.2) is 25.0 Å². The molecule has 0 bridgehead atoms. The van der Waals surface area contributed by atoms with Crippen LogP contribution >= 0.6 is 0 Å². The van der Waals surface area contributed by atoms with Gasteiger partial charge < -0.3 is 14.2 Å². The Morgan fingerprint density at radius 2 is 1.65 bits per heavy atom. The lowest BCUT2D eigenvalue weighted by molar-refractivity contribution is -0.147. The predicted molar refractivity (Wildman–Crippen MR) is 118 cm³/mol. The number of methoxy groups -OCH3 is 1. The van der Waals surface area contributed by atoms with Gasteiger partial charge in [-0.05, 0) is 48.7 Å². The fourth-order valence-corrected chi connectivity index (χ4v) is 3.45. The highest BCUT2D eigenvalue weighted by atomic mass is 16.6. The van der Waals surface area contributed by atoms with Crippen LogP contribution in [0.4, 0.5) is 0 Å². The van der Waals surface area contributed by atoms with Gasteiger partial charge in [-0.15, -0.1) is 0 Å². The van der Waals surface area contributed by atoms with E-state index in [1.54, 1.807) is 32.1 Å². The highest BCUT2D eigenvalue weighted by molar-refractivity contribution is 6.15. The monoisotopic (exact) mass is 414 g/mol. The summed E-state index contributed by atoms with van der Waals surface area (Å²) in [6.07, 6.45) is 0.964. The van der Waals surface area contributed by atoms with Gasteiger partial charge >= 0.3 is 5.97 Å². The van der Waals surface area contributed by atoms with E-state index in [1.165, 1.54) is 7.11 Å².